The summed E-state index contributed by atoms with van der Waals surface area (Å²) >= 11 is 6.28. The number of hydrogen-bond donors (Lipinski definition) is 1. The monoisotopic (exact) mass is 342 g/mol. The summed E-state index contributed by atoms with van der Waals surface area (Å²) in [5.74, 6) is -0.273. The maximum absolute atomic E-state index is 13.0. The summed E-state index contributed by atoms with van der Waals surface area (Å²) in [4.78, 5) is 26.5. The van der Waals surface area contributed by atoms with Crippen LogP contribution in [0.3, 0.4) is 0 Å². The second-order valence-corrected chi connectivity index (χ2v) is 6.42. The first-order valence-corrected chi connectivity index (χ1v) is 8.28. The van der Waals surface area contributed by atoms with Gasteiger partial charge >= 0.3 is 0 Å². The number of aryl methyl sites for hydroxylation is 2. The van der Waals surface area contributed by atoms with Crippen molar-refractivity contribution >= 4 is 29.1 Å². The molecule has 0 radical (unpaired) electrons. The molecule has 2 amide bonds. The van der Waals surface area contributed by atoms with E-state index >= 15 is 0 Å². The van der Waals surface area contributed by atoms with Crippen LogP contribution in [0.4, 0.5) is 5.69 Å². The fourth-order valence-electron chi connectivity index (χ4n) is 2.96. The molecule has 0 bridgehead atoms. The molecule has 1 saturated heterocycles. The van der Waals surface area contributed by atoms with Crippen molar-refractivity contribution in [1.29, 1.82) is 0 Å². The summed E-state index contributed by atoms with van der Waals surface area (Å²) in [6.45, 7) is 4.46. The van der Waals surface area contributed by atoms with Crippen molar-refractivity contribution in [2.75, 3.05) is 11.9 Å². The summed E-state index contributed by atoms with van der Waals surface area (Å²) in [6.07, 6.45) is 0.470. The number of halogens is 1. The smallest absolute Gasteiger partial charge is 0.251 e. The number of benzene rings is 2. The van der Waals surface area contributed by atoms with Crippen molar-refractivity contribution in [2.45, 2.75) is 26.3 Å². The number of para-hydroxylation sites is 1. The van der Waals surface area contributed by atoms with E-state index in [1.165, 1.54) is 0 Å². The van der Waals surface area contributed by atoms with Gasteiger partial charge in [-0.1, -0.05) is 48.0 Å². The van der Waals surface area contributed by atoms with Crippen LogP contribution in [-0.2, 0) is 9.59 Å². The van der Waals surface area contributed by atoms with Gasteiger partial charge in [-0.15, -0.1) is 0 Å². The molecule has 0 aromatic heterocycles. The lowest BCUT2D eigenvalue weighted by Gasteiger charge is -2.38. The highest BCUT2D eigenvalue weighted by molar-refractivity contribution is 6.31. The van der Waals surface area contributed by atoms with Gasteiger partial charge in [0.2, 0.25) is 5.91 Å². The first-order valence-electron chi connectivity index (χ1n) is 7.90. The molecule has 2 aromatic carbocycles. The zero-order valence-corrected chi connectivity index (χ0v) is 14.4. The average molecular weight is 343 g/mol. The third-order valence-electron chi connectivity index (χ3n) is 4.38. The molecule has 3 rings (SSSR count). The van der Waals surface area contributed by atoms with Gasteiger partial charge in [-0.2, -0.15) is 0 Å². The van der Waals surface area contributed by atoms with Gasteiger partial charge in [0, 0.05) is 29.2 Å². The minimum absolute atomic E-state index is 0.0309. The second-order valence-electron chi connectivity index (χ2n) is 6.02. The molecule has 24 heavy (non-hydrogen) atoms. The standard InChI is InChI=1S/C19H19ClN2O2/c1-12-6-5-7-13(2)17(12)21-19(24)18(22-11-10-16(22)23)14-8-3-4-9-15(14)20/h3-9,18H,10-11H2,1-2H3,(H,21,24). The number of anilines is 1. The van der Waals surface area contributed by atoms with Crippen molar-refractivity contribution < 1.29 is 9.59 Å². The average Bonchev–Trinajstić information content (AvgIpc) is 2.55. The number of hydrogen-bond acceptors (Lipinski definition) is 2. The second kappa shape index (κ2) is 6.65. The van der Waals surface area contributed by atoms with Crippen molar-refractivity contribution in [3.63, 3.8) is 0 Å². The molecule has 0 spiro atoms. The zero-order chi connectivity index (χ0) is 17.3. The van der Waals surface area contributed by atoms with Crippen LogP contribution < -0.4 is 5.32 Å². The summed E-state index contributed by atoms with van der Waals surface area (Å²) in [5, 5.41) is 3.47. The number of amides is 2. The first kappa shape index (κ1) is 16.5. The van der Waals surface area contributed by atoms with Gasteiger partial charge in [0.05, 0.1) is 0 Å². The van der Waals surface area contributed by atoms with E-state index in [4.69, 9.17) is 11.6 Å². The predicted molar refractivity (Wildman–Crippen MR) is 95.1 cm³/mol. The largest absolute Gasteiger partial charge is 0.326 e. The van der Waals surface area contributed by atoms with Gasteiger partial charge in [-0.3, -0.25) is 9.59 Å². The number of carbonyl (C=O) groups excluding carboxylic acids is 2. The van der Waals surface area contributed by atoms with E-state index < -0.39 is 6.04 Å². The molecule has 1 aliphatic heterocycles. The molecular weight excluding hydrogens is 324 g/mol. The third-order valence-corrected chi connectivity index (χ3v) is 4.72. The third kappa shape index (κ3) is 3.02. The highest BCUT2D eigenvalue weighted by Gasteiger charge is 2.37. The Labute approximate surface area is 146 Å². The molecule has 5 heteroatoms. The van der Waals surface area contributed by atoms with Gasteiger partial charge in [-0.25, -0.2) is 0 Å². The summed E-state index contributed by atoms with van der Waals surface area (Å²) in [7, 11) is 0. The molecular formula is C19H19ClN2O2. The number of likely N-dealkylation sites (tertiary alicyclic amines) is 1. The fraction of sp³-hybridized carbons (Fsp3) is 0.263. The number of nitrogens with one attached hydrogen (secondary N) is 1. The van der Waals surface area contributed by atoms with Gasteiger partial charge in [0.15, 0.2) is 0 Å². The molecule has 1 fully saturated rings. The quantitative estimate of drug-likeness (QED) is 0.857. The van der Waals surface area contributed by atoms with E-state index in [1.807, 2.05) is 44.2 Å². The Kier molecular flexibility index (Phi) is 4.58. The molecule has 0 aliphatic carbocycles. The fourth-order valence-corrected chi connectivity index (χ4v) is 3.20. The lowest BCUT2D eigenvalue weighted by molar-refractivity contribution is -0.147. The maximum atomic E-state index is 13.0. The van der Waals surface area contributed by atoms with Gasteiger partial charge in [0.1, 0.15) is 6.04 Å². The van der Waals surface area contributed by atoms with Crippen molar-refractivity contribution in [3.8, 4) is 0 Å². The molecule has 1 aliphatic rings. The number of β-lactam (4-membered cyclic amide) rings is 1. The lowest BCUT2D eigenvalue weighted by atomic mass is 9.99. The Bertz CT molecular complexity index is 783. The molecule has 124 valence electrons. The SMILES string of the molecule is Cc1cccc(C)c1NC(=O)C(c1ccccc1Cl)N1CCC1=O. The molecule has 1 unspecified atom stereocenters. The Morgan fingerprint density at radius 1 is 1.12 bits per heavy atom. The maximum Gasteiger partial charge on any atom is 0.251 e. The van der Waals surface area contributed by atoms with Crippen LogP contribution in [-0.4, -0.2) is 23.3 Å². The minimum atomic E-state index is -0.709. The molecule has 1 atom stereocenters. The summed E-state index contributed by atoms with van der Waals surface area (Å²) in [5.41, 5.74) is 3.40. The van der Waals surface area contributed by atoms with Gasteiger partial charge in [0.25, 0.3) is 5.91 Å². The molecule has 0 saturated carbocycles. The van der Waals surface area contributed by atoms with E-state index in [-0.39, 0.29) is 11.8 Å². The van der Waals surface area contributed by atoms with Crippen LogP contribution in [0.25, 0.3) is 0 Å². The van der Waals surface area contributed by atoms with Crippen molar-refractivity contribution in [3.05, 3.63) is 64.2 Å². The van der Waals surface area contributed by atoms with E-state index in [1.54, 1.807) is 17.0 Å². The topological polar surface area (TPSA) is 49.4 Å². The molecule has 4 nitrogen and oxygen atoms in total. The number of rotatable bonds is 4. The van der Waals surface area contributed by atoms with Crippen LogP contribution in [0, 0.1) is 13.8 Å². The lowest BCUT2D eigenvalue weighted by Crippen LogP contribution is -2.49. The van der Waals surface area contributed by atoms with E-state index in [2.05, 4.69) is 5.32 Å². The highest BCUT2D eigenvalue weighted by Crippen LogP contribution is 2.33. The zero-order valence-electron chi connectivity index (χ0n) is 13.7. The Morgan fingerprint density at radius 2 is 1.79 bits per heavy atom. The molecule has 1 N–H and O–H groups in total. The Balaban J connectivity index is 1.95. The minimum Gasteiger partial charge on any atom is -0.326 e. The van der Waals surface area contributed by atoms with Crippen molar-refractivity contribution in [2.24, 2.45) is 0 Å². The summed E-state index contributed by atoms with van der Waals surface area (Å²) in [6, 6.07) is 12.3. The van der Waals surface area contributed by atoms with Gasteiger partial charge < -0.3 is 10.2 Å². The first-order chi connectivity index (χ1) is 11.5. The van der Waals surface area contributed by atoms with E-state index in [0.29, 0.717) is 23.6 Å². The normalized spacial score (nSPS) is 15.0. The van der Waals surface area contributed by atoms with E-state index in [9.17, 15) is 9.59 Å². The molecule has 2 aromatic rings. The predicted octanol–water partition coefficient (Wildman–Crippen LogP) is 3.87. The number of nitrogens with zero attached hydrogens (tertiary/aromatic N) is 1. The van der Waals surface area contributed by atoms with Crippen LogP contribution in [0.2, 0.25) is 5.02 Å². The van der Waals surface area contributed by atoms with Crippen LogP contribution in [0.5, 0.6) is 0 Å². The Hall–Kier alpha value is -2.33. The van der Waals surface area contributed by atoms with Crippen LogP contribution >= 0.6 is 11.6 Å². The van der Waals surface area contributed by atoms with Crippen LogP contribution in [0.1, 0.15) is 29.2 Å². The van der Waals surface area contributed by atoms with Crippen molar-refractivity contribution in [1.82, 2.24) is 4.90 Å². The van der Waals surface area contributed by atoms with Gasteiger partial charge in [-0.05, 0) is 31.0 Å². The van der Waals surface area contributed by atoms with Crippen LogP contribution in [0.15, 0.2) is 42.5 Å². The highest BCUT2D eigenvalue weighted by atomic mass is 35.5. The van der Waals surface area contributed by atoms with E-state index in [0.717, 1.165) is 16.8 Å². The molecule has 1 heterocycles. The Morgan fingerprint density at radius 3 is 2.33 bits per heavy atom. The summed E-state index contributed by atoms with van der Waals surface area (Å²) < 4.78 is 0. The number of carbonyl (C=O) groups is 2.